The summed E-state index contributed by atoms with van der Waals surface area (Å²) in [6, 6.07) is 9.97. The molecule has 10 heteroatoms. The van der Waals surface area contributed by atoms with Gasteiger partial charge in [0.2, 0.25) is 0 Å². The van der Waals surface area contributed by atoms with Gasteiger partial charge in [0, 0.05) is 6.54 Å². The second-order valence-electron chi connectivity index (χ2n) is 7.51. The molecule has 4 aromatic rings. The molecule has 3 aromatic heterocycles. The number of fused-ring (bicyclic) bond motifs is 1. The average molecular weight is 460 g/mol. The number of likely N-dealkylation sites (tertiary alicyclic amines) is 1. The molecular weight excluding hydrogens is 444 g/mol. The molecule has 1 aliphatic rings. The van der Waals surface area contributed by atoms with Crippen molar-refractivity contribution in [2.24, 2.45) is 0 Å². The third kappa shape index (κ3) is 3.54. The van der Waals surface area contributed by atoms with Gasteiger partial charge in [0.05, 0.1) is 22.8 Å². The molecule has 4 heterocycles. The molecule has 1 amide bonds. The Bertz CT molecular complexity index is 1300. The SMILES string of the molecule is O=C(c1cnn2c(C(F)(F)F)cc(-c3cccs3)nc12)N1CCC[C@@H]1c1cccc(F)c1. The minimum Gasteiger partial charge on any atom is -0.331 e. The van der Waals surface area contributed by atoms with Gasteiger partial charge in [-0.2, -0.15) is 18.3 Å². The van der Waals surface area contributed by atoms with Gasteiger partial charge in [-0.1, -0.05) is 18.2 Å². The first kappa shape index (κ1) is 20.6. The number of nitrogens with zero attached hydrogens (tertiary/aromatic N) is 4. The lowest BCUT2D eigenvalue weighted by atomic mass is 10.0. The molecule has 0 aliphatic carbocycles. The van der Waals surface area contributed by atoms with Gasteiger partial charge in [-0.05, 0) is 48.1 Å². The predicted octanol–water partition coefficient (Wildman–Crippen LogP) is 5.59. The topological polar surface area (TPSA) is 50.5 Å². The first-order chi connectivity index (χ1) is 15.3. The number of benzene rings is 1. The molecule has 0 unspecified atom stereocenters. The number of hydrogen-bond acceptors (Lipinski definition) is 4. The number of amides is 1. The molecule has 0 radical (unpaired) electrons. The summed E-state index contributed by atoms with van der Waals surface area (Å²) in [6.45, 7) is 0.411. The standard InChI is InChI=1S/C22H16F4N4OS/c23-14-5-1-4-13(10-14)17-6-2-8-29(17)21(31)15-12-27-30-19(22(24,25)26)11-16(28-20(15)30)18-7-3-9-32-18/h1,3-5,7,9-12,17H,2,6,8H2/t17-/m1/s1. The van der Waals surface area contributed by atoms with Crippen LogP contribution >= 0.6 is 11.3 Å². The molecule has 1 fully saturated rings. The third-order valence-electron chi connectivity index (χ3n) is 5.51. The second kappa shape index (κ2) is 7.70. The van der Waals surface area contributed by atoms with Gasteiger partial charge in [0.25, 0.3) is 5.91 Å². The fraction of sp³-hybridized carbons (Fsp3) is 0.227. The zero-order valence-electron chi connectivity index (χ0n) is 16.5. The smallest absolute Gasteiger partial charge is 0.331 e. The number of aromatic nitrogens is 3. The molecule has 0 bridgehead atoms. The Labute approximate surface area is 183 Å². The molecule has 5 nitrogen and oxygen atoms in total. The summed E-state index contributed by atoms with van der Waals surface area (Å²) in [4.78, 5) is 19.9. The van der Waals surface area contributed by atoms with Crippen molar-refractivity contribution in [2.75, 3.05) is 6.54 Å². The molecule has 0 spiro atoms. The van der Waals surface area contributed by atoms with E-state index in [1.165, 1.54) is 23.5 Å². The highest BCUT2D eigenvalue weighted by Gasteiger charge is 2.37. The van der Waals surface area contributed by atoms with Gasteiger partial charge in [-0.15, -0.1) is 11.3 Å². The van der Waals surface area contributed by atoms with Crippen LogP contribution < -0.4 is 0 Å². The van der Waals surface area contributed by atoms with E-state index in [1.807, 2.05) is 0 Å². The second-order valence-corrected chi connectivity index (χ2v) is 8.45. The Morgan fingerprint density at radius 1 is 1.16 bits per heavy atom. The van der Waals surface area contributed by atoms with Crippen molar-refractivity contribution in [3.05, 3.63) is 76.7 Å². The van der Waals surface area contributed by atoms with E-state index in [0.717, 1.165) is 12.3 Å². The van der Waals surface area contributed by atoms with Crippen molar-refractivity contribution in [1.29, 1.82) is 0 Å². The van der Waals surface area contributed by atoms with Crippen LogP contribution in [0, 0.1) is 5.82 Å². The summed E-state index contributed by atoms with van der Waals surface area (Å²) < 4.78 is 55.7. The molecule has 164 valence electrons. The van der Waals surface area contributed by atoms with E-state index in [0.29, 0.717) is 34.3 Å². The number of halogens is 4. The fourth-order valence-corrected chi connectivity index (χ4v) is 4.78. The third-order valence-corrected chi connectivity index (χ3v) is 6.41. The number of thiophene rings is 1. The molecule has 32 heavy (non-hydrogen) atoms. The summed E-state index contributed by atoms with van der Waals surface area (Å²) in [6.07, 6.45) is -2.22. The molecular formula is C22H16F4N4OS. The number of rotatable bonds is 3. The summed E-state index contributed by atoms with van der Waals surface area (Å²) in [5.74, 6) is -0.884. The molecule has 1 atom stereocenters. The number of alkyl halides is 3. The van der Waals surface area contributed by atoms with Crippen molar-refractivity contribution in [3.8, 4) is 10.6 Å². The monoisotopic (exact) mass is 460 g/mol. The van der Waals surface area contributed by atoms with Crippen molar-refractivity contribution in [1.82, 2.24) is 19.5 Å². The van der Waals surface area contributed by atoms with Crippen LogP contribution in [0.25, 0.3) is 16.2 Å². The van der Waals surface area contributed by atoms with Gasteiger partial charge in [0.1, 0.15) is 11.4 Å². The molecule has 0 saturated carbocycles. The van der Waals surface area contributed by atoms with Crippen LogP contribution in [-0.2, 0) is 6.18 Å². The van der Waals surface area contributed by atoms with Gasteiger partial charge < -0.3 is 4.90 Å². The Morgan fingerprint density at radius 3 is 2.72 bits per heavy atom. The largest absolute Gasteiger partial charge is 0.433 e. The van der Waals surface area contributed by atoms with Crippen LogP contribution in [-0.4, -0.2) is 31.9 Å². The maximum absolute atomic E-state index is 13.8. The Balaban J connectivity index is 1.61. The Morgan fingerprint density at radius 2 is 2.00 bits per heavy atom. The van der Waals surface area contributed by atoms with Crippen molar-refractivity contribution in [2.45, 2.75) is 25.1 Å². The van der Waals surface area contributed by atoms with E-state index in [2.05, 4.69) is 10.1 Å². The van der Waals surface area contributed by atoms with Gasteiger partial charge in [-0.3, -0.25) is 4.79 Å². The summed E-state index contributed by atoms with van der Waals surface area (Å²) in [5.41, 5.74) is -0.406. The van der Waals surface area contributed by atoms with Crippen LogP contribution in [0.3, 0.4) is 0 Å². The fourth-order valence-electron chi connectivity index (χ4n) is 4.09. The van der Waals surface area contributed by atoms with Crippen LogP contribution in [0.15, 0.2) is 54.0 Å². The lowest BCUT2D eigenvalue weighted by molar-refractivity contribution is -0.142. The van der Waals surface area contributed by atoms with E-state index in [1.54, 1.807) is 34.5 Å². The normalized spacial score (nSPS) is 16.8. The van der Waals surface area contributed by atoms with E-state index in [4.69, 9.17) is 0 Å². The van der Waals surface area contributed by atoms with Crippen LogP contribution in [0.1, 0.15) is 40.5 Å². The van der Waals surface area contributed by atoms with E-state index >= 15 is 0 Å². The van der Waals surface area contributed by atoms with Crippen molar-refractivity contribution >= 4 is 22.9 Å². The van der Waals surface area contributed by atoms with Crippen LogP contribution in [0.2, 0.25) is 0 Å². The van der Waals surface area contributed by atoms with E-state index < -0.39 is 23.6 Å². The lowest BCUT2D eigenvalue weighted by Gasteiger charge is -2.24. The highest BCUT2D eigenvalue weighted by molar-refractivity contribution is 7.13. The first-order valence-electron chi connectivity index (χ1n) is 9.89. The zero-order chi connectivity index (χ0) is 22.5. The van der Waals surface area contributed by atoms with Gasteiger partial charge in [0.15, 0.2) is 11.3 Å². The molecule has 5 rings (SSSR count). The quantitative estimate of drug-likeness (QED) is 0.375. The minimum atomic E-state index is -4.68. The molecule has 1 aliphatic heterocycles. The summed E-state index contributed by atoms with van der Waals surface area (Å²) >= 11 is 1.25. The summed E-state index contributed by atoms with van der Waals surface area (Å²) in [7, 11) is 0. The Kier molecular flexibility index (Phi) is 4.96. The maximum atomic E-state index is 13.8. The van der Waals surface area contributed by atoms with Crippen molar-refractivity contribution < 1.29 is 22.4 Å². The highest BCUT2D eigenvalue weighted by Crippen LogP contribution is 2.36. The summed E-state index contributed by atoms with van der Waals surface area (Å²) in [5, 5.41) is 5.58. The van der Waals surface area contributed by atoms with Crippen LogP contribution in [0.5, 0.6) is 0 Å². The van der Waals surface area contributed by atoms with E-state index in [9.17, 15) is 22.4 Å². The predicted molar refractivity (Wildman–Crippen MR) is 111 cm³/mol. The molecule has 1 saturated heterocycles. The number of carbonyl (C=O) groups excluding carboxylic acids is 1. The lowest BCUT2D eigenvalue weighted by Crippen LogP contribution is -2.30. The zero-order valence-corrected chi connectivity index (χ0v) is 17.3. The molecule has 1 aromatic carbocycles. The molecule has 0 N–H and O–H groups in total. The minimum absolute atomic E-state index is 0.0165. The van der Waals surface area contributed by atoms with Crippen LogP contribution in [0.4, 0.5) is 17.6 Å². The van der Waals surface area contributed by atoms with Gasteiger partial charge in [-0.25, -0.2) is 13.9 Å². The van der Waals surface area contributed by atoms with E-state index in [-0.39, 0.29) is 22.9 Å². The number of carbonyl (C=O) groups is 1. The Hall–Kier alpha value is -3.27. The van der Waals surface area contributed by atoms with Gasteiger partial charge >= 0.3 is 6.18 Å². The average Bonchev–Trinajstić information content (AvgIpc) is 3.52. The highest BCUT2D eigenvalue weighted by atomic mass is 32.1. The van der Waals surface area contributed by atoms with Crippen molar-refractivity contribution in [3.63, 3.8) is 0 Å². The number of hydrogen-bond donors (Lipinski definition) is 0. The first-order valence-corrected chi connectivity index (χ1v) is 10.8. The maximum Gasteiger partial charge on any atom is 0.433 e.